The Morgan fingerprint density at radius 2 is 2.29 bits per heavy atom. The number of aryl methyl sites for hydroxylation is 1. The molecule has 1 rings (SSSR count). The molecule has 1 unspecified atom stereocenters. The van der Waals surface area contributed by atoms with Crippen LogP contribution in [0.15, 0.2) is 6.20 Å². The molecule has 0 spiro atoms. The van der Waals surface area contributed by atoms with Crippen LogP contribution in [0.2, 0.25) is 0 Å². The summed E-state index contributed by atoms with van der Waals surface area (Å²) < 4.78 is 1.93. The maximum absolute atomic E-state index is 5.71. The first kappa shape index (κ1) is 10.8. The number of nitrogens with zero attached hydrogens (tertiary/aromatic N) is 2. The summed E-state index contributed by atoms with van der Waals surface area (Å²) in [5, 5.41) is 4.21. The van der Waals surface area contributed by atoms with E-state index in [2.05, 4.69) is 23.9 Å². The van der Waals surface area contributed by atoms with Gasteiger partial charge in [0.15, 0.2) is 0 Å². The van der Waals surface area contributed by atoms with Gasteiger partial charge in [-0.1, -0.05) is 18.8 Å². The van der Waals surface area contributed by atoms with Crippen molar-refractivity contribution in [3.63, 3.8) is 0 Å². The highest BCUT2D eigenvalue weighted by molar-refractivity contribution is 5.36. The van der Waals surface area contributed by atoms with E-state index in [1.165, 1.54) is 0 Å². The Bertz CT molecular complexity index is 354. The van der Waals surface area contributed by atoms with Gasteiger partial charge < -0.3 is 5.73 Å². The molecule has 3 nitrogen and oxygen atoms in total. The van der Waals surface area contributed by atoms with Gasteiger partial charge in [-0.05, 0) is 20.3 Å². The second-order valence-electron chi connectivity index (χ2n) is 3.24. The molecule has 76 valence electrons. The fourth-order valence-electron chi connectivity index (χ4n) is 1.16. The Morgan fingerprint density at radius 3 is 2.79 bits per heavy atom. The van der Waals surface area contributed by atoms with Crippen LogP contribution in [0.4, 0.5) is 0 Å². The molecule has 0 aliphatic heterocycles. The Labute approximate surface area is 85.3 Å². The van der Waals surface area contributed by atoms with Crippen molar-refractivity contribution < 1.29 is 0 Å². The molecule has 0 bridgehead atoms. The van der Waals surface area contributed by atoms with Gasteiger partial charge in [0.05, 0.1) is 23.5 Å². The third-order valence-electron chi connectivity index (χ3n) is 2.23. The van der Waals surface area contributed by atoms with Crippen LogP contribution in [0.3, 0.4) is 0 Å². The van der Waals surface area contributed by atoms with Crippen molar-refractivity contribution in [3.05, 3.63) is 17.5 Å². The maximum atomic E-state index is 5.71. The normalized spacial score (nSPS) is 12.0. The molecule has 0 fully saturated rings. The van der Waals surface area contributed by atoms with Crippen molar-refractivity contribution in [3.8, 4) is 11.8 Å². The lowest BCUT2D eigenvalue weighted by Gasteiger charge is -1.98. The summed E-state index contributed by atoms with van der Waals surface area (Å²) in [6.45, 7) is 7.00. The van der Waals surface area contributed by atoms with Gasteiger partial charge >= 0.3 is 0 Å². The van der Waals surface area contributed by atoms with Gasteiger partial charge in [0.2, 0.25) is 0 Å². The molecule has 0 saturated heterocycles. The Balaban J connectivity index is 2.85. The number of rotatable bonds is 2. The topological polar surface area (TPSA) is 43.8 Å². The van der Waals surface area contributed by atoms with Gasteiger partial charge in [-0.3, -0.25) is 4.68 Å². The molecule has 1 heterocycles. The van der Waals surface area contributed by atoms with Crippen molar-refractivity contribution in [1.29, 1.82) is 0 Å². The van der Waals surface area contributed by atoms with Crippen LogP contribution in [0.25, 0.3) is 0 Å². The molecule has 0 radical (unpaired) electrons. The summed E-state index contributed by atoms with van der Waals surface area (Å²) in [6, 6.07) is -0.0284. The molecule has 0 aliphatic carbocycles. The monoisotopic (exact) mass is 191 g/mol. The molecule has 0 aromatic carbocycles. The van der Waals surface area contributed by atoms with E-state index in [1.807, 2.05) is 18.5 Å². The lowest BCUT2D eigenvalue weighted by atomic mass is 10.2. The quantitative estimate of drug-likeness (QED) is 0.716. The first-order valence-corrected chi connectivity index (χ1v) is 4.98. The van der Waals surface area contributed by atoms with Crippen molar-refractivity contribution in [2.45, 2.75) is 39.8 Å². The van der Waals surface area contributed by atoms with Gasteiger partial charge in [0, 0.05) is 6.54 Å². The number of hydrogen-bond donors (Lipinski definition) is 1. The van der Waals surface area contributed by atoms with E-state index < -0.39 is 0 Å². The third kappa shape index (κ3) is 2.36. The van der Waals surface area contributed by atoms with E-state index in [9.17, 15) is 0 Å². The molecule has 0 saturated carbocycles. The minimum Gasteiger partial charge on any atom is -0.318 e. The van der Waals surface area contributed by atoms with Crippen LogP contribution in [-0.4, -0.2) is 15.8 Å². The zero-order chi connectivity index (χ0) is 10.6. The van der Waals surface area contributed by atoms with Crippen molar-refractivity contribution >= 4 is 0 Å². The number of nitrogens with two attached hydrogens (primary N) is 1. The molecular formula is C11H17N3. The van der Waals surface area contributed by atoms with E-state index in [-0.39, 0.29) is 6.04 Å². The molecular weight excluding hydrogens is 174 g/mol. The first-order chi connectivity index (χ1) is 6.69. The zero-order valence-corrected chi connectivity index (χ0v) is 9.04. The molecule has 3 heteroatoms. The summed E-state index contributed by atoms with van der Waals surface area (Å²) in [5.41, 5.74) is 7.81. The van der Waals surface area contributed by atoms with E-state index >= 15 is 0 Å². The minimum atomic E-state index is -0.0284. The maximum Gasteiger partial charge on any atom is 0.0665 e. The second-order valence-corrected chi connectivity index (χ2v) is 3.24. The fraction of sp³-hybridized carbons (Fsp3) is 0.545. The van der Waals surface area contributed by atoms with Crippen molar-refractivity contribution in [1.82, 2.24) is 9.78 Å². The van der Waals surface area contributed by atoms with Crippen LogP contribution < -0.4 is 5.73 Å². The standard InChI is InChI=1S/C11H17N3/c1-4-11(12)7-6-10-8-13-14(5-2)9(10)3/h8,11H,4-5,12H2,1-3H3. The zero-order valence-electron chi connectivity index (χ0n) is 9.04. The predicted octanol–water partition coefficient (Wildman–Crippen LogP) is 1.30. The largest absolute Gasteiger partial charge is 0.318 e. The van der Waals surface area contributed by atoms with Gasteiger partial charge in [0.25, 0.3) is 0 Å². The Kier molecular flexibility index (Phi) is 3.73. The minimum absolute atomic E-state index is 0.0284. The average molecular weight is 191 g/mol. The fourth-order valence-corrected chi connectivity index (χ4v) is 1.16. The van der Waals surface area contributed by atoms with Crippen LogP contribution in [0.5, 0.6) is 0 Å². The molecule has 1 atom stereocenters. The first-order valence-electron chi connectivity index (χ1n) is 4.98. The lowest BCUT2D eigenvalue weighted by molar-refractivity contribution is 0.639. The summed E-state index contributed by atoms with van der Waals surface area (Å²) in [7, 11) is 0. The van der Waals surface area contributed by atoms with Gasteiger partial charge in [0.1, 0.15) is 0 Å². The van der Waals surface area contributed by atoms with E-state index in [0.717, 1.165) is 24.2 Å². The number of hydrogen-bond acceptors (Lipinski definition) is 2. The summed E-state index contributed by atoms with van der Waals surface area (Å²) in [6.07, 6.45) is 2.68. The molecule has 1 aromatic heterocycles. The Hall–Kier alpha value is -1.27. The van der Waals surface area contributed by atoms with Crippen LogP contribution in [0.1, 0.15) is 31.5 Å². The average Bonchev–Trinajstić information content (AvgIpc) is 2.56. The molecule has 2 N–H and O–H groups in total. The molecule has 0 aliphatic rings. The van der Waals surface area contributed by atoms with Crippen molar-refractivity contribution in [2.24, 2.45) is 5.73 Å². The molecule has 0 amide bonds. The third-order valence-corrected chi connectivity index (χ3v) is 2.23. The molecule has 14 heavy (non-hydrogen) atoms. The highest BCUT2D eigenvalue weighted by Gasteiger charge is 2.01. The molecule has 1 aromatic rings. The van der Waals surface area contributed by atoms with Crippen molar-refractivity contribution in [2.75, 3.05) is 0 Å². The van der Waals surface area contributed by atoms with Gasteiger partial charge in [-0.15, -0.1) is 0 Å². The summed E-state index contributed by atoms with van der Waals surface area (Å²) in [4.78, 5) is 0. The SMILES string of the molecule is CCC(N)C#Cc1cnn(CC)c1C. The number of aromatic nitrogens is 2. The van der Waals surface area contributed by atoms with E-state index in [1.54, 1.807) is 6.20 Å². The van der Waals surface area contributed by atoms with Gasteiger partial charge in [-0.2, -0.15) is 5.10 Å². The lowest BCUT2D eigenvalue weighted by Crippen LogP contribution is -2.15. The smallest absolute Gasteiger partial charge is 0.0665 e. The Morgan fingerprint density at radius 1 is 1.57 bits per heavy atom. The van der Waals surface area contributed by atoms with Gasteiger partial charge in [-0.25, -0.2) is 0 Å². The van der Waals surface area contributed by atoms with Crippen LogP contribution >= 0.6 is 0 Å². The van der Waals surface area contributed by atoms with E-state index in [0.29, 0.717) is 0 Å². The van der Waals surface area contributed by atoms with Crippen LogP contribution in [-0.2, 0) is 6.54 Å². The second kappa shape index (κ2) is 4.83. The summed E-state index contributed by atoms with van der Waals surface area (Å²) in [5.74, 6) is 6.06. The van der Waals surface area contributed by atoms with E-state index in [4.69, 9.17) is 5.73 Å². The highest BCUT2D eigenvalue weighted by atomic mass is 15.3. The van der Waals surface area contributed by atoms with Crippen LogP contribution in [0, 0.1) is 18.8 Å². The summed E-state index contributed by atoms with van der Waals surface area (Å²) >= 11 is 0. The highest BCUT2D eigenvalue weighted by Crippen LogP contribution is 2.04. The predicted molar refractivity (Wildman–Crippen MR) is 57.8 cm³/mol.